The third-order valence-electron chi connectivity index (χ3n) is 3.19. The Kier molecular flexibility index (Phi) is 4.64. The Morgan fingerprint density at radius 3 is 2.62 bits per heavy atom. The van der Waals surface area contributed by atoms with Gasteiger partial charge in [-0.2, -0.15) is 0 Å². The lowest BCUT2D eigenvalue weighted by Crippen LogP contribution is -2.55. The Bertz CT molecular complexity index is 526. The molecule has 1 aliphatic rings. The summed E-state index contributed by atoms with van der Waals surface area (Å²) in [6.07, 6.45) is 0. The number of carbonyl (C=O) groups is 2. The number of phenols is 2. The zero-order valence-electron chi connectivity index (χ0n) is 11.7. The third kappa shape index (κ3) is 3.43. The molecule has 0 aromatic heterocycles. The van der Waals surface area contributed by atoms with Crippen LogP contribution in [0.25, 0.3) is 0 Å². The minimum Gasteiger partial charge on any atom is -0.508 e. The fourth-order valence-corrected chi connectivity index (χ4v) is 2.24. The lowest BCUT2D eigenvalue weighted by atomic mass is 10.1. The number of carbonyl (C=O) groups excluding carboxylic acids is 2. The van der Waals surface area contributed by atoms with Crippen LogP contribution in [0.3, 0.4) is 0 Å². The molecule has 1 aromatic carbocycles. The lowest BCUT2D eigenvalue weighted by Gasteiger charge is -2.34. The summed E-state index contributed by atoms with van der Waals surface area (Å²) in [5, 5.41) is 21.6. The molecule has 3 N–H and O–H groups in total. The molecule has 0 aliphatic carbocycles. The summed E-state index contributed by atoms with van der Waals surface area (Å²) in [7, 11) is 0. The normalized spacial score (nSPS) is 18.3. The zero-order chi connectivity index (χ0) is 15.4. The minimum absolute atomic E-state index is 0.127. The van der Waals surface area contributed by atoms with Gasteiger partial charge in [-0.15, -0.1) is 0 Å². The van der Waals surface area contributed by atoms with Crippen molar-refractivity contribution in [2.75, 3.05) is 26.3 Å². The van der Waals surface area contributed by atoms with Crippen molar-refractivity contribution in [1.82, 2.24) is 10.2 Å². The van der Waals surface area contributed by atoms with Gasteiger partial charge in [0.15, 0.2) is 0 Å². The number of nitrogens with one attached hydrogen (secondary N) is 1. The average Bonchev–Trinajstić information content (AvgIpc) is 2.45. The van der Waals surface area contributed by atoms with Gasteiger partial charge in [-0.3, -0.25) is 9.59 Å². The molecular weight excluding hydrogens is 276 g/mol. The van der Waals surface area contributed by atoms with Gasteiger partial charge in [0.1, 0.15) is 17.5 Å². The summed E-state index contributed by atoms with van der Waals surface area (Å²) in [6, 6.07) is 2.94. The standard InChI is InChI=1S/C14H18N2O5/c1-2-15-13(19)12-8-21-4-3-16(12)14(20)9-5-10(17)7-11(18)6-9/h5-7,12,17-18H,2-4,8H2,1H3,(H,15,19). The fraction of sp³-hybridized carbons (Fsp3) is 0.429. The Morgan fingerprint density at radius 2 is 2.00 bits per heavy atom. The highest BCUT2D eigenvalue weighted by molar-refractivity contribution is 5.98. The summed E-state index contributed by atoms with van der Waals surface area (Å²) in [5.41, 5.74) is 0.128. The predicted molar refractivity (Wildman–Crippen MR) is 74.1 cm³/mol. The van der Waals surface area contributed by atoms with E-state index < -0.39 is 11.9 Å². The molecule has 1 fully saturated rings. The van der Waals surface area contributed by atoms with Gasteiger partial charge in [-0.05, 0) is 19.1 Å². The topological polar surface area (TPSA) is 99.1 Å². The number of ether oxygens (including phenoxy) is 1. The molecule has 1 aromatic rings. The Labute approximate surface area is 122 Å². The van der Waals surface area contributed by atoms with Gasteiger partial charge in [0, 0.05) is 24.7 Å². The first-order valence-corrected chi connectivity index (χ1v) is 6.72. The average molecular weight is 294 g/mol. The van der Waals surface area contributed by atoms with E-state index in [1.165, 1.54) is 17.0 Å². The van der Waals surface area contributed by atoms with Crippen LogP contribution in [-0.4, -0.2) is 59.3 Å². The Balaban J connectivity index is 2.24. The monoisotopic (exact) mass is 294 g/mol. The summed E-state index contributed by atoms with van der Waals surface area (Å²) in [4.78, 5) is 25.9. The van der Waals surface area contributed by atoms with Crippen LogP contribution in [0.2, 0.25) is 0 Å². The number of nitrogens with zero attached hydrogens (tertiary/aromatic N) is 1. The molecule has 1 unspecified atom stereocenters. The highest BCUT2D eigenvalue weighted by Crippen LogP contribution is 2.22. The number of benzene rings is 1. The first-order chi connectivity index (χ1) is 10.0. The van der Waals surface area contributed by atoms with Crippen molar-refractivity contribution in [1.29, 1.82) is 0 Å². The van der Waals surface area contributed by atoms with Crippen LogP contribution in [0.4, 0.5) is 0 Å². The van der Waals surface area contributed by atoms with Crippen LogP contribution in [-0.2, 0) is 9.53 Å². The molecule has 1 saturated heterocycles. The van der Waals surface area contributed by atoms with Crippen molar-refractivity contribution < 1.29 is 24.5 Å². The van der Waals surface area contributed by atoms with E-state index in [-0.39, 0.29) is 36.1 Å². The molecular formula is C14H18N2O5. The quantitative estimate of drug-likeness (QED) is 0.733. The molecule has 2 rings (SSSR count). The molecule has 0 spiro atoms. The zero-order valence-corrected chi connectivity index (χ0v) is 11.7. The number of rotatable bonds is 3. The highest BCUT2D eigenvalue weighted by Gasteiger charge is 2.33. The maximum absolute atomic E-state index is 12.5. The van der Waals surface area contributed by atoms with Crippen molar-refractivity contribution >= 4 is 11.8 Å². The minimum atomic E-state index is -0.712. The molecule has 21 heavy (non-hydrogen) atoms. The van der Waals surface area contributed by atoms with E-state index in [0.717, 1.165) is 6.07 Å². The first-order valence-electron chi connectivity index (χ1n) is 6.72. The van der Waals surface area contributed by atoms with E-state index in [1.807, 2.05) is 0 Å². The van der Waals surface area contributed by atoms with E-state index in [9.17, 15) is 19.8 Å². The summed E-state index contributed by atoms with van der Waals surface area (Å²) in [6.45, 7) is 3.00. The van der Waals surface area contributed by atoms with E-state index in [4.69, 9.17) is 4.74 Å². The van der Waals surface area contributed by atoms with Gasteiger partial charge >= 0.3 is 0 Å². The molecule has 2 amide bonds. The first kappa shape index (κ1) is 15.1. The second-order valence-electron chi connectivity index (χ2n) is 4.72. The summed E-state index contributed by atoms with van der Waals surface area (Å²) in [5.74, 6) is -1.13. The van der Waals surface area contributed by atoms with Crippen LogP contribution >= 0.6 is 0 Å². The number of amides is 2. The molecule has 1 heterocycles. The van der Waals surface area contributed by atoms with Crippen molar-refractivity contribution in [3.05, 3.63) is 23.8 Å². The maximum Gasteiger partial charge on any atom is 0.254 e. The molecule has 0 saturated carbocycles. The molecule has 0 bridgehead atoms. The van der Waals surface area contributed by atoms with Crippen LogP contribution in [0.1, 0.15) is 17.3 Å². The van der Waals surface area contributed by atoms with E-state index in [0.29, 0.717) is 13.2 Å². The van der Waals surface area contributed by atoms with Crippen LogP contribution in [0.5, 0.6) is 11.5 Å². The number of hydrogen-bond donors (Lipinski definition) is 3. The van der Waals surface area contributed by atoms with Crippen molar-refractivity contribution in [3.8, 4) is 11.5 Å². The highest BCUT2D eigenvalue weighted by atomic mass is 16.5. The molecule has 7 heteroatoms. The van der Waals surface area contributed by atoms with Crippen molar-refractivity contribution in [2.45, 2.75) is 13.0 Å². The summed E-state index contributed by atoms with van der Waals surface area (Å²) >= 11 is 0. The maximum atomic E-state index is 12.5. The van der Waals surface area contributed by atoms with Crippen molar-refractivity contribution in [3.63, 3.8) is 0 Å². The van der Waals surface area contributed by atoms with Crippen LogP contribution in [0.15, 0.2) is 18.2 Å². The Morgan fingerprint density at radius 1 is 1.33 bits per heavy atom. The fourth-order valence-electron chi connectivity index (χ4n) is 2.24. The van der Waals surface area contributed by atoms with Gasteiger partial charge in [0.25, 0.3) is 5.91 Å². The number of likely N-dealkylation sites (N-methyl/N-ethyl adjacent to an activating group) is 1. The van der Waals surface area contributed by atoms with Gasteiger partial charge in [-0.1, -0.05) is 0 Å². The largest absolute Gasteiger partial charge is 0.508 e. The predicted octanol–water partition coefficient (Wildman–Crippen LogP) is 0.0749. The molecule has 7 nitrogen and oxygen atoms in total. The molecule has 0 radical (unpaired) electrons. The lowest BCUT2D eigenvalue weighted by molar-refractivity contribution is -0.130. The van der Waals surface area contributed by atoms with Gasteiger partial charge in [-0.25, -0.2) is 0 Å². The van der Waals surface area contributed by atoms with Gasteiger partial charge < -0.3 is 25.2 Å². The third-order valence-corrected chi connectivity index (χ3v) is 3.19. The van der Waals surface area contributed by atoms with Crippen molar-refractivity contribution in [2.24, 2.45) is 0 Å². The van der Waals surface area contributed by atoms with Crippen LogP contribution < -0.4 is 5.32 Å². The van der Waals surface area contributed by atoms with E-state index >= 15 is 0 Å². The SMILES string of the molecule is CCNC(=O)C1COCCN1C(=O)c1cc(O)cc(O)c1. The van der Waals surface area contributed by atoms with E-state index in [1.54, 1.807) is 6.92 Å². The van der Waals surface area contributed by atoms with Gasteiger partial charge in [0.2, 0.25) is 5.91 Å². The second kappa shape index (κ2) is 6.45. The molecule has 114 valence electrons. The molecule has 1 aliphatic heterocycles. The number of phenolic OH excluding ortho intramolecular Hbond substituents is 2. The van der Waals surface area contributed by atoms with Gasteiger partial charge in [0.05, 0.1) is 13.2 Å². The number of aromatic hydroxyl groups is 2. The van der Waals surface area contributed by atoms with Crippen LogP contribution in [0, 0.1) is 0 Å². The number of morpholine rings is 1. The Hall–Kier alpha value is -2.28. The summed E-state index contributed by atoms with van der Waals surface area (Å²) < 4.78 is 5.26. The molecule has 1 atom stereocenters. The van der Waals surface area contributed by atoms with E-state index in [2.05, 4.69) is 5.32 Å². The second-order valence-corrected chi connectivity index (χ2v) is 4.72. The number of hydrogen-bond acceptors (Lipinski definition) is 5. The smallest absolute Gasteiger partial charge is 0.254 e.